The standard InChI is InChI=1S/C12H24O4/c1-8-10(13)12(5,14-6)7-9(15-8)16-11(2,3)4/h8-10,13H,7H2,1-6H3/t8-,9-,10?,12+/m0/s1. The van der Waals surface area contributed by atoms with Crippen LogP contribution in [0.4, 0.5) is 0 Å². The molecule has 0 radical (unpaired) electrons. The number of hydrogen-bond acceptors (Lipinski definition) is 4. The van der Waals surface area contributed by atoms with Gasteiger partial charge in [0.15, 0.2) is 6.29 Å². The molecule has 4 nitrogen and oxygen atoms in total. The van der Waals surface area contributed by atoms with Crippen LogP contribution >= 0.6 is 0 Å². The van der Waals surface area contributed by atoms with Crippen LogP contribution in [0.25, 0.3) is 0 Å². The summed E-state index contributed by atoms with van der Waals surface area (Å²) in [7, 11) is 1.61. The molecule has 1 aliphatic heterocycles. The van der Waals surface area contributed by atoms with Crippen LogP contribution in [0.5, 0.6) is 0 Å². The quantitative estimate of drug-likeness (QED) is 0.787. The average Bonchev–Trinajstić information content (AvgIpc) is 2.11. The second-order valence-corrected chi connectivity index (χ2v) is 5.67. The smallest absolute Gasteiger partial charge is 0.161 e. The van der Waals surface area contributed by atoms with E-state index in [-0.39, 0.29) is 18.0 Å². The van der Waals surface area contributed by atoms with Crippen molar-refractivity contribution in [2.75, 3.05) is 7.11 Å². The van der Waals surface area contributed by atoms with Crippen molar-refractivity contribution < 1.29 is 19.3 Å². The molecule has 1 N–H and O–H groups in total. The van der Waals surface area contributed by atoms with Gasteiger partial charge in [-0.2, -0.15) is 0 Å². The second-order valence-electron chi connectivity index (χ2n) is 5.67. The maximum Gasteiger partial charge on any atom is 0.161 e. The van der Waals surface area contributed by atoms with Crippen LogP contribution in [0.3, 0.4) is 0 Å². The molecule has 1 fully saturated rings. The minimum Gasteiger partial charge on any atom is -0.387 e. The van der Waals surface area contributed by atoms with Crippen molar-refractivity contribution in [3.05, 3.63) is 0 Å². The Kier molecular flexibility index (Phi) is 4.00. The van der Waals surface area contributed by atoms with Crippen molar-refractivity contribution in [2.45, 2.75) is 70.7 Å². The Balaban J connectivity index is 2.71. The molecule has 96 valence electrons. The summed E-state index contributed by atoms with van der Waals surface area (Å²) in [5, 5.41) is 10.0. The Labute approximate surface area is 97.9 Å². The summed E-state index contributed by atoms with van der Waals surface area (Å²) in [6.07, 6.45) is -0.710. The predicted molar refractivity (Wildman–Crippen MR) is 61.2 cm³/mol. The first kappa shape index (κ1) is 13.9. The SMILES string of the molecule is CO[C@]1(C)C[C@H](OC(C)(C)C)O[C@@H](C)C1O. The highest BCUT2D eigenvalue weighted by atomic mass is 16.7. The summed E-state index contributed by atoms with van der Waals surface area (Å²) in [5.41, 5.74) is -0.866. The number of hydrogen-bond donors (Lipinski definition) is 1. The summed E-state index contributed by atoms with van der Waals surface area (Å²) in [6.45, 7) is 9.67. The van der Waals surface area contributed by atoms with Gasteiger partial charge >= 0.3 is 0 Å². The molecule has 0 aromatic carbocycles. The van der Waals surface area contributed by atoms with Crippen molar-refractivity contribution in [3.8, 4) is 0 Å². The second kappa shape index (κ2) is 4.61. The fourth-order valence-electron chi connectivity index (χ4n) is 1.98. The van der Waals surface area contributed by atoms with E-state index in [1.807, 2.05) is 34.6 Å². The van der Waals surface area contributed by atoms with Crippen molar-refractivity contribution in [1.82, 2.24) is 0 Å². The number of rotatable bonds is 2. The third-order valence-electron chi connectivity index (χ3n) is 2.96. The first-order chi connectivity index (χ1) is 7.18. The molecular formula is C12H24O4. The van der Waals surface area contributed by atoms with Crippen LogP contribution in [0, 0.1) is 0 Å². The maximum atomic E-state index is 10.0. The van der Waals surface area contributed by atoms with E-state index in [0.717, 1.165) is 0 Å². The van der Waals surface area contributed by atoms with E-state index in [2.05, 4.69) is 0 Å². The molecule has 1 saturated heterocycles. The molecule has 0 spiro atoms. The molecule has 0 aliphatic carbocycles. The van der Waals surface area contributed by atoms with E-state index in [4.69, 9.17) is 14.2 Å². The van der Waals surface area contributed by atoms with Crippen molar-refractivity contribution in [2.24, 2.45) is 0 Å². The topological polar surface area (TPSA) is 47.9 Å². The van der Waals surface area contributed by atoms with Crippen LogP contribution in [0.2, 0.25) is 0 Å². The zero-order chi connectivity index (χ0) is 12.6. The Morgan fingerprint density at radius 3 is 2.38 bits per heavy atom. The molecule has 1 rings (SSSR count). The van der Waals surface area contributed by atoms with Gasteiger partial charge in [-0.1, -0.05) is 0 Å². The molecule has 1 unspecified atom stereocenters. The Morgan fingerprint density at radius 2 is 1.94 bits per heavy atom. The molecule has 16 heavy (non-hydrogen) atoms. The predicted octanol–water partition coefficient (Wildman–Crippen LogP) is 1.70. The molecule has 0 aromatic rings. The molecule has 0 amide bonds. The van der Waals surface area contributed by atoms with Gasteiger partial charge in [0, 0.05) is 13.5 Å². The van der Waals surface area contributed by atoms with Crippen molar-refractivity contribution in [3.63, 3.8) is 0 Å². The van der Waals surface area contributed by atoms with Crippen LogP contribution in [0.1, 0.15) is 41.0 Å². The van der Waals surface area contributed by atoms with Crippen LogP contribution in [0.15, 0.2) is 0 Å². The minimum absolute atomic E-state index is 0.263. The number of methoxy groups -OCH3 is 1. The fourth-order valence-corrected chi connectivity index (χ4v) is 1.98. The van der Waals surface area contributed by atoms with Crippen molar-refractivity contribution in [1.29, 1.82) is 0 Å². The highest BCUT2D eigenvalue weighted by Crippen LogP contribution is 2.33. The molecule has 4 heteroatoms. The minimum atomic E-state index is -0.627. The van der Waals surface area contributed by atoms with Crippen LogP contribution in [-0.4, -0.2) is 41.9 Å². The van der Waals surface area contributed by atoms with Crippen LogP contribution in [-0.2, 0) is 14.2 Å². The third-order valence-corrected chi connectivity index (χ3v) is 2.96. The van der Waals surface area contributed by atoms with Gasteiger partial charge in [-0.05, 0) is 34.6 Å². The highest BCUT2D eigenvalue weighted by molar-refractivity contribution is 4.92. The molecule has 1 aliphatic rings. The lowest BCUT2D eigenvalue weighted by Crippen LogP contribution is -2.57. The van der Waals surface area contributed by atoms with Gasteiger partial charge in [0.2, 0.25) is 0 Å². The summed E-state index contributed by atoms with van der Waals surface area (Å²) in [6, 6.07) is 0. The lowest BCUT2D eigenvalue weighted by atomic mass is 9.88. The molecular weight excluding hydrogens is 208 g/mol. The molecule has 0 saturated carbocycles. The zero-order valence-electron chi connectivity index (χ0n) is 11.1. The lowest BCUT2D eigenvalue weighted by Gasteiger charge is -2.45. The summed E-state index contributed by atoms with van der Waals surface area (Å²) < 4.78 is 16.8. The van der Waals surface area contributed by atoms with Gasteiger partial charge in [-0.25, -0.2) is 0 Å². The highest BCUT2D eigenvalue weighted by Gasteiger charge is 2.45. The van der Waals surface area contributed by atoms with Crippen LogP contribution < -0.4 is 0 Å². The van der Waals surface area contributed by atoms with Gasteiger partial charge in [-0.15, -0.1) is 0 Å². The average molecular weight is 232 g/mol. The monoisotopic (exact) mass is 232 g/mol. The van der Waals surface area contributed by atoms with E-state index in [0.29, 0.717) is 6.42 Å². The first-order valence-electron chi connectivity index (χ1n) is 5.74. The molecule has 1 heterocycles. The number of aliphatic hydroxyl groups excluding tert-OH is 1. The van der Waals surface area contributed by atoms with Gasteiger partial charge in [0.1, 0.15) is 6.10 Å². The van der Waals surface area contributed by atoms with E-state index >= 15 is 0 Å². The summed E-state index contributed by atoms with van der Waals surface area (Å²) in [5.74, 6) is 0. The van der Waals surface area contributed by atoms with Gasteiger partial charge < -0.3 is 19.3 Å². The van der Waals surface area contributed by atoms with Gasteiger partial charge in [0.05, 0.1) is 17.3 Å². The number of ether oxygens (including phenoxy) is 3. The molecule has 0 bridgehead atoms. The Morgan fingerprint density at radius 1 is 1.38 bits per heavy atom. The fraction of sp³-hybridized carbons (Fsp3) is 1.00. The third kappa shape index (κ3) is 3.17. The Hall–Kier alpha value is -0.160. The van der Waals surface area contributed by atoms with Gasteiger partial charge in [-0.3, -0.25) is 0 Å². The Bertz CT molecular complexity index is 236. The van der Waals surface area contributed by atoms with Gasteiger partial charge in [0.25, 0.3) is 0 Å². The number of aliphatic hydroxyl groups is 1. The van der Waals surface area contributed by atoms with E-state index in [1.54, 1.807) is 7.11 Å². The normalized spacial score (nSPS) is 41.1. The summed E-state index contributed by atoms with van der Waals surface area (Å²) in [4.78, 5) is 0. The molecule has 4 atom stereocenters. The largest absolute Gasteiger partial charge is 0.387 e. The van der Waals surface area contributed by atoms with E-state index in [1.165, 1.54) is 0 Å². The maximum absolute atomic E-state index is 10.0. The van der Waals surface area contributed by atoms with E-state index < -0.39 is 11.7 Å². The lowest BCUT2D eigenvalue weighted by molar-refractivity contribution is -0.297. The molecule has 0 aromatic heterocycles. The van der Waals surface area contributed by atoms with E-state index in [9.17, 15) is 5.11 Å². The first-order valence-corrected chi connectivity index (χ1v) is 5.74. The zero-order valence-corrected chi connectivity index (χ0v) is 11.1. The summed E-state index contributed by atoms with van der Waals surface area (Å²) >= 11 is 0. The van der Waals surface area contributed by atoms with Crippen molar-refractivity contribution >= 4 is 0 Å².